The Morgan fingerprint density at radius 2 is 1.79 bits per heavy atom. The van der Waals surface area contributed by atoms with E-state index in [0.29, 0.717) is 24.5 Å². The molecule has 1 heterocycles. The number of primary sulfonamides is 1. The Labute approximate surface area is 167 Å². The van der Waals surface area contributed by atoms with Crippen molar-refractivity contribution in [2.24, 2.45) is 5.14 Å². The molecule has 0 aliphatic carbocycles. The monoisotopic (exact) mass is 420 g/mol. The molecular formula is C19H20N2O7S. The van der Waals surface area contributed by atoms with E-state index in [1.165, 1.54) is 12.1 Å². The molecule has 2 aromatic carbocycles. The van der Waals surface area contributed by atoms with Crippen molar-refractivity contribution in [3.8, 4) is 11.5 Å². The average molecular weight is 420 g/mol. The number of amides is 1. The molecule has 1 aliphatic rings. The third-order valence-electron chi connectivity index (χ3n) is 4.10. The van der Waals surface area contributed by atoms with Gasteiger partial charge in [0.05, 0.1) is 4.90 Å². The van der Waals surface area contributed by atoms with Gasteiger partial charge >= 0.3 is 5.97 Å². The van der Waals surface area contributed by atoms with Crippen molar-refractivity contribution in [1.82, 2.24) is 5.32 Å². The van der Waals surface area contributed by atoms with Crippen LogP contribution < -0.4 is 19.9 Å². The fourth-order valence-corrected chi connectivity index (χ4v) is 3.12. The van der Waals surface area contributed by atoms with Gasteiger partial charge in [0, 0.05) is 6.54 Å². The Morgan fingerprint density at radius 3 is 2.48 bits per heavy atom. The van der Waals surface area contributed by atoms with Crippen LogP contribution in [0.15, 0.2) is 53.4 Å². The van der Waals surface area contributed by atoms with E-state index in [-0.39, 0.29) is 11.5 Å². The Morgan fingerprint density at radius 1 is 1.10 bits per heavy atom. The number of benzene rings is 2. The van der Waals surface area contributed by atoms with Crippen molar-refractivity contribution >= 4 is 21.9 Å². The molecule has 0 radical (unpaired) electrons. The molecule has 29 heavy (non-hydrogen) atoms. The van der Waals surface area contributed by atoms with E-state index in [2.05, 4.69) is 5.32 Å². The molecule has 10 heteroatoms. The molecule has 0 fully saturated rings. The first-order valence-electron chi connectivity index (χ1n) is 8.76. The van der Waals surface area contributed by atoms with Gasteiger partial charge in [0.25, 0.3) is 5.91 Å². The number of nitrogens with one attached hydrogen (secondary N) is 1. The number of carbonyl (C=O) groups excluding carboxylic acids is 2. The van der Waals surface area contributed by atoms with Crippen molar-refractivity contribution in [1.29, 1.82) is 0 Å². The lowest BCUT2D eigenvalue weighted by atomic mass is 10.1. The van der Waals surface area contributed by atoms with Crippen LogP contribution >= 0.6 is 0 Å². The first kappa shape index (κ1) is 20.6. The molecule has 1 aliphatic heterocycles. The highest BCUT2D eigenvalue weighted by molar-refractivity contribution is 7.89. The lowest BCUT2D eigenvalue weighted by Crippen LogP contribution is -2.39. The summed E-state index contributed by atoms with van der Waals surface area (Å²) in [6.45, 7) is -0.141. The number of nitrogens with two attached hydrogens (primary N) is 1. The van der Waals surface area contributed by atoms with Crippen molar-refractivity contribution < 1.29 is 32.2 Å². The highest BCUT2D eigenvalue weighted by atomic mass is 32.2. The van der Waals surface area contributed by atoms with Crippen molar-refractivity contribution in [2.45, 2.75) is 17.4 Å². The minimum atomic E-state index is -3.73. The van der Waals surface area contributed by atoms with Crippen LogP contribution in [0.2, 0.25) is 0 Å². The summed E-state index contributed by atoms with van der Waals surface area (Å²) in [7, 11) is -3.73. The number of hydrogen-bond donors (Lipinski definition) is 2. The molecule has 154 valence electrons. The smallest absolute Gasteiger partial charge is 0.351 e. The Bertz CT molecular complexity index is 990. The maximum Gasteiger partial charge on any atom is 0.351 e. The number of para-hydroxylation sites is 2. The first-order valence-corrected chi connectivity index (χ1v) is 10.3. The van der Waals surface area contributed by atoms with Crippen LogP contribution in [-0.4, -0.2) is 46.2 Å². The van der Waals surface area contributed by atoms with Gasteiger partial charge in [0.2, 0.25) is 16.1 Å². The summed E-state index contributed by atoms with van der Waals surface area (Å²) in [6.07, 6.45) is -0.462. The predicted molar refractivity (Wildman–Crippen MR) is 102 cm³/mol. The number of ether oxygens (including phenoxy) is 3. The lowest BCUT2D eigenvalue weighted by Gasteiger charge is -2.24. The topological polar surface area (TPSA) is 134 Å². The van der Waals surface area contributed by atoms with Gasteiger partial charge in [0.15, 0.2) is 18.1 Å². The minimum absolute atomic E-state index is 0.00593. The predicted octanol–water partition coefficient (Wildman–Crippen LogP) is 0.376. The quantitative estimate of drug-likeness (QED) is 0.618. The number of carbonyl (C=O) groups is 2. The van der Waals surface area contributed by atoms with Gasteiger partial charge in [-0.3, -0.25) is 4.79 Å². The molecule has 2 aromatic rings. The number of fused-ring (bicyclic) bond motifs is 1. The van der Waals surface area contributed by atoms with E-state index in [0.717, 1.165) is 5.56 Å². The second-order valence-corrected chi connectivity index (χ2v) is 7.82. The van der Waals surface area contributed by atoms with Gasteiger partial charge in [0.1, 0.15) is 6.61 Å². The molecule has 1 atom stereocenters. The number of hydrogen-bond acceptors (Lipinski definition) is 7. The zero-order valence-corrected chi connectivity index (χ0v) is 16.2. The fourth-order valence-electron chi connectivity index (χ4n) is 2.61. The molecule has 0 saturated heterocycles. The molecule has 0 aromatic heterocycles. The summed E-state index contributed by atoms with van der Waals surface area (Å²) in [4.78, 5) is 23.9. The van der Waals surface area contributed by atoms with Crippen LogP contribution in [0, 0.1) is 0 Å². The Balaban J connectivity index is 1.38. The lowest BCUT2D eigenvalue weighted by molar-refractivity contribution is -0.157. The summed E-state index contributed by atoms with van der Waals surface area (Å²) < 4.78 is 38.4. The van der Waals surface area contributed by atoms with E-state index in [1.54, 1.807) is 36.4 Å². The van der Waals surface area contributed by atoms with Crippen molar-refractivity contribution in [3.63, 3.8) is 0 Å². The molecule has 3 rings (SSSR count). The van der Waals surface area contributed by atoms with E-state index in [1.807, 2.05) is 0 Å². The van der Waals surface area contributed by atoms with Gasteiger partial charge in [-0.25, -0.2) is 18.4 Å². The third kappa shape index (κ3) is 5.69. The van der Waals surface area contributed by atoms with Crippen molar-refractivity contribution in [2.75, 3.05) is 19.8 Å². The highest BCUT2D eigenvalue weighted by Gasteiger charge is 2.29. The fraction of sp³-hybridized carbons (Fsp3) is 0.263. The van der Waals surface area contributed by atoms with E-state index < -0.39 is 34.6 Å². The van der Waals surface area contributed by atoms with E-state index in [9.17, 15) is 18.0 Å². The number of esters is 1. The Hall–Kier alpha value is -3.11. The van der Waals surface area contributed by atoms with Crippen LogP contribution in [0.25, 0.3) is 0 Å². The SMILES string of the molecule is NS(=O)(=O)c1ccc(CCNC(=O)COC(=O)[C@H]2COc3ccccc3O2)cc1. The molecule has 0 unspecified atom stereocenters. The molecule has 0 spiro atoms. The summed E-state index contributed by atoms with van der Waals surface area (Å²) in [5.74, 6) is -0.158. The van der Waals surface area contributed by atoms with Crippen LogP contribution in [-0.2, 0) is 30.8 Å². The average Bonchev–Trinajstić information content (AvgIpc) is 2.71. The maximum atomic E-state index is 12.1. The second kappa shape index (κ2) is 8.93. The standard InChI is InChI=1S/C19H20N2O7S/c20-29(24,25)14-7-5-13(6-8-14)9-10-21-18(22)12-27-19(23)17-11-26-15-3-1-2-4-16(15)28-17/h1-8,17H,9-12H2,(H,21,22)(H2,20,24,25)/t17-/m1/s1. The van der Waals surface area contributed by atoms with Gasteiger partial charge in [-0.05, 0) is 36.2 Å². The largest absolute Gasteiger partial charge is 0.485 e. The molecule has 0 bridgehead atoms. The van der Waals surface area contributed by atoms with Crippen LogP contribution in [0.4, 0.5) is 0 Å². The molecule has 0 saturated carbocycles. The summed E-state index contributed by atoms with van der Waals surface area (Å²) in [6, 6.07) is 13.0. The van der Waals surface area contributed by atoms with Gasteiger partial charge in [-0.1, -0.05) is 24.3 Å². The highest BCUT2D eigenvalue weighted by Crippen LogP contribution is 2.31. The van der Waals surface area contributed by atoms with Crippen LogP contribution in [0.5, 0.6) is 11.5 Å². The summed E-state index contributed by atoms with van der Waals surface area (Å²) in [5.41, 5.74) is 0.820. The van der Waals surface area contributed by atoms with Crippen LogP contribution in [0.1, 0.15) is 5.56 Å². The third-order valence-corrected chi connectivity index (χ3v) is 5.03. The zero-order chi connectivity index (χ0) is 20.9. The summed E-state index contributed by atoms with van der Waals surface area (Å²) in [5, 5.41) is 7.66. The van der Waals surface area contributed by atoms with E-state index in [4.69, 9.17) is 19.3 Å². The van der Waals surface area contributed by atoms with Gasteiger partial charge < -0.3 is 19.5 Å². The van der Waals surface area contributed by atoms with Gasteiger partial charge in [-0.15, -0.1) is 0 Å². The molecule has 9 nitrogen and oxygen atoms in total. The number of rotatable bonds is 7. The zero-order valence-electron chi connectivity index (χ0n) is 15.4. The second-order valence-electron chi connectivity index (χ2n) is 6.26. The molecule has 3 N–H and O–H groups in total. The summed E-state index contributed by atoms with van der Waals surface area (Å²) >= 11 is 0. The number of sulfonamides is 1. The first-order chi connectivity index (χ1) is 13.8. The van der Waals surface area contributed by atoms with E-state index >= 15 is 0 Å². The van der Waals surface area contributed by atoms with Gasteiger partial charge in [-0.2, -0.15) is 0 Å². The van der Waals surface area contributed by atoms with Crippen LogP contribution in [0.3, 0.4) is 0 Å². The van der Waals surface area contributed by atoms with Crippen molar-refractivity contribution in [3.05, 3.63) is 54.1 Å². The normalized spacial score (nSPS) is 15.4. The Kier molecular flexibility index (Phi) is 6.35. The minimum Gasteiger partial charge on any atom is -0.485 e. The molecule has 1 amide bonds. The maximum absolute atomic E-state index is 12.1. The molecular weight excluding hydrogens is 400 g/mol.